The number of rotatable bonds is 4. The van der Waals surface area contributed by atoms with Crippen LogP contribution in [0.1, 0.15) is 99.3 Å². The van der Waals surface area contributed by atoms with E-state index in [1.807, 2.05) is 23.5 Å². The molecule has 36 heavy (non-hydrogen) atoms. The van der Waals surface area contributed by atoms with Crippen molar-refractivity contribution in [1.82, 2.24) is 0 Å². The van der Waals surface area contributed by atoms with Crippen molar-refractivity contribution in [2.75, 3.05) is 11.5 Å². The fourth-order valence-corrected chi connectivity index (χ4v) is 13.9. The highest BCUT2D eigenvalue weighted by Gasteiger charge is 2.62. The van der Waals surface area contributed by atoms with Gasteiger partial charge in [0.1, 0.15) is 0 Å². The monoisotopic (exact) mass is 550 g/mol. The quantitative estimate of drug-likeness (QED) is 0.279. The maximum absolute atomic E-state index is 12.0. The predicted octanol–water partition coefficient (Wildman–Crippen LogP) is 8.90. The molecule has 0 aromatic rings. The Hall–Kier alpha value is 0.577. The van der Waals surface area contributed by atoms with Crippen molar-refractivity contribution in [2.45, 2.75) is 134 Å². The summed E-state index contributed by atoms with van der Waals surface area (Å²) >= 11 is 4.06. The maximum Gasteiger partial charge on any atom is 0.192 e. The Morgan fingerprint density at radius 3 is 2.33 bits per heavy atom. The lowest BCUT2D eigenvalue weighted by atomic mass is 9.47. The van der Waals surface area contributed by atoms with Crippen LogP contribution in [-0.4, -0.2) is 41.2 Å². The molecule has 0 bridgehead atoms. The molecule has 0 unspecified atom stereocenters. The summed E-state index contributed by atoms with van der Waals surface area (Å²) in [6.07, 6.45) is 14.6. The van der Waals surface area contributed by atoms with Crippen LogP contribution in [0.4, 0.5) is 0 Å². The second-order valence-corrected chi connectivity index (χ2v) is 22.8. The summed E-state index contributed by atoms with van der Waals surface area (Å²) < 4.78 is 7.29. The average Bonchev–Trinajstić information content (AvgIpc) is 3.17. The molecule has 5 rings (SSSR count). The minimum atomic E-state index is -1.73. The van der Waals surface area contributed by atoms with Crippen LogP contribution in [0.25, 0.3) is 0 Å². The van der Waals surface area contributed by atoms with Crippen LogP contribution in [0.15, 0.2) is 11.6 Å². The van der Waals surface area contributed by atoms with Gasteiger partial charge in [0.25, 0.3) is 0 Å². The molecule has 0 spiro atoms. The van der Waals surface area contributed by atoms with E-state index in [1.165, 1.54) is 69.3 Å². The van der Waals surface area contributed by atoms with Crippen molar-refractivity contribution in [1.29, 1.82) is 0 Å². The van der Waals surface area contributed by atoms with E-state index in [9.17, 15) is 5.11 Å². The first kappa shape index (κ1) is 28.1. The molecule has 1 heterocycles. The molecule has 0 aromatic carbocycles. The van der Waals surface area contributed by atoms with Crippen LogP contribution in [0.5, 0.6) is 0 Å². The van der Waals surface area contributed by atoms with Gasteiger partial charge in [-0.3, -0.25) is 0 Å². The first-order chi connectivity index (χ1) is 16.7. The third-order valence-corrected chi connectivity index (χ3v) is 20.3. The first-order valence-electron chi connectivity index (χ1n) is 15.0. The lowest BCUT2D eigenvalue weighted by Crippen LogP contribution is -2.55. The highest BCUT2D eigenvalue weighted by molar-refractivity contribution is 8.17. The molecule has 206 valence electrons. The summed E-state index contributed by atoms with van der Waals surface area (Å²) in [7, 11) is -1.73. The van der Waals surface area contributed by atoms with Crippen molar-refractivity contribution in [2.24, 2.45) is 34.5 Å². The van der Waals surface area contributed by atoms with Crippen molar-refractivity contribution < 1.29 is 9.53 Å². The molecule has 1 N–H and O–H groups in total. The predicted molar refractivity (Wildman–Crippen MR) is 161 cm³/mol. The van der Waals surface area contributed by atoms with Crippen LogP contribution in [0.2, 0.25) is 18.1 Å². The van der Waals surface area contributed by atoms with E-state index in [1.54, 1.807) is 5.57 Å². The Balaban J connectivity index is 1.33. The Morgan fingerprint density at radius 1 is 0.972 bits per heavy atom. The minimum Gasteiger partial charge on any atom is -0.414 e. The van der Waals surface area contributed by atoms with E-state index < -0.39 is 13.9 Å². The Labute approximate surface area is 232 Å². The minimum absolute atomic E-state index is 0.280. The lowest BCUT2D eigenvalue weighted by Gasteiger charge is -2.59. The number of hydrogen-bond acceptors (Lipinski definition) is 4. The highest BCUT2D eigenvalue weighted by atomic mass is 32.2. The number of fused-ring (bicyclic) bond motifs is 5. The van der Waals surface area contributed by atoms with Gasteiger partial charge in [0.2, 0.25) is 0 Å². The third-order valence-electron chi connectivity index (χ3n) is 12.3. The summed E-state index contributed by atoms with van der Waals surface area (Å²) in [6, 6.07) is 0. The third kappa shape index (κ3) is 4.55. The highest BCUT2D eigenvalue weighted by Crippen LogP contribution is 2.68. The van der Waals surface area contributed by atoms with Gasteiger partial charge < -0.3 is 9.53 Å². The van der Waals surface area contributed by atoms with Crippen molar-refractivity contribution in [3.8, 4) is 0 Å². The number of thioether (sulfide) groups is 2. The zero-order valence-electron chi connectivity index (χ0n) is 24.5. The van der Waals surface area contributed by atoms with E-state index in [4.69, 9.17) is 4.43 Å². The summed E-state index contributed by atoms with van der Waals surface area (Å²) in [5.41, 5.74) is 1.85. The average molecular weight is 551 g/mol. The van der Waals surface area contributed by atoms with Crippen molar-refractivity contribution >= 4 is 31.8 Å². The maximum atomic E-state index is 12.0. The smallest absolute Gasteiger partial charge is 0.192 e. The Kier molecular flexibility index (Phi) is 7.50. The van der Waals surface area contributed by atoms with Gasteiger partial charge in [0.05, 0.1) is 10.2 Å². The van der Waals surface area contributed by atoms with E-state index >= 15 is 0 Å². The van der Waals surface area contributed by atoms with Crippen LogP contribution >= 0.6 is 23.5 Å². The molecule has 5 aliphatic rings. The molecule has 1 aliphatic heterocycles. The fourth-order valence-electron chi connectivity index (χ4n) is 9.27. The van der Waals surface area contributed by atoms with Crippen molar-refractivity contribution in [3.05, 3.63) is 11.6 Å². The molecule has 8 atom stereocenters. The standard InChI is InChI=1S/C31H54O2S2Si/c1-28(2,3)36(7,8)33-22-14-16-29(4)21(20-22)10-11-23-24-12-13-26(30(24,5)17-15-25(23)29)31(6,32)27-34-18-9-19-35-27/h10,22-27,32H,9,11-20H2,1-8H3/t22-,23-,24-,25-,26-,29-,30-,31+/m0/s1. The zero-order chi connectivity index (χ0) is 26.1. The topological polar surface area (TPSA) is 29.5 Å². The van der Waals surface area contributed by atoms with Gasteiger partial charge in [-0.1, -0.05) is 46.3 Å². The molecule has 4 fully saturated rings. The van der Waals surface area contributed by atoms with E-state index in [2.05, 4.69) is 60.7 Å². The van der Waals surface area contributed by atoms with Gasteiger partial charge in [-0.25, -0.2) is 0 Å². The first-order valence-corrected chi connectivity index (χ1v) is 20.0. The van der Waals surface area contributed by atoms with E-state index in [0.29, 0.717) is 27.4 Å². The molecule has 0 amide bonds. The number of allylic oxidation sites excluding steroid dienone is 1. The fraction of sp³-hybridized carbons (Fsp3) is 0.935. The van der Waals surface area contributed by atoms with Crippen LogP contribution in [-0.2, 0) is 4.43 Å². The summed E-state index contributed by atoms with van der Waals surface area (Å²) in [6.45, 7) is 19.4. The van der Waals surface area contributed by atoms with Gasteiger partial charge in [0, 0.05) is 6.10 Å². The number of hydrogen-bond donors (Lipinski definition) is 1. The molecular formula is C31H54O2S2Si. The SMILES string of the molecule is CC(C)(C)[Si](C)(C)O[C@H]1CC[C@@]2(C)C(=CC[C@H]3[C@@H]4CC[C@H]([C@@](C)(O)C5SCCCS5)[C@@]4(C)CC[C@@H]32)C1. The Bertz CT molecular complexity index is 857. The molecule has 5 heteroatoms. The zero-order valence-corrected chi connectivity index (χ0v) is 27.1. The largest absolute Gasteiger partial charge is 0.414 e. The molecular weight excluding hydrogens is 497 g/mol. The number of aliphatic hydroxyl groups is 1. The molecule has 4 aliphatic carbocycles. The van der Waals surface area contributed by atoms with Gasteiger partial charge in [-0.15, -0.1) is 23.5 Å². The second-order valence-electron chi connectivity index (χ2n) is 15.3. The van der Waals surface area contributed by atoms with E-state index in [0.717, 1.165) is 17.8 Å². The van der Waals surface area contributed by atoms with Crippen molar-refractivity contribution in [3.63, 3.8) is 0 Å². The van der Waals surface area contributed by atoms with Gasteiger partial charge in [-0.2, -0.15) is 0 Å². The molecule has 3 saturated carbocycles. The summed E-state index contributed by atoms with van der Waals surface area (Å²) in [5, 5.41) is 12.3. The van der Waals surface area contributed by atoms with Crippen LogP contribution in [0, 0.1) is 34.5 Å². The molecule has 2 nitrogen and oxygen atoms in total. The van der Waals surface area contributed by atoms with Crippen LogP contribution < -0.4 is 0 Å². The molecule has 0 radical (unpaired) electrons. The van der Waals surface area contributed by atoms with Gasteiger partial charge in [-0.05, 0) is 129 Å². The molecule has 1 saturated heterocycles. The van der Waals surface area contributed by atoms with Gasteiger partial charge >= 0.3 is 0 Å². The second kappa shape index (κ2) is 9.60. The Morgan fingerprint density at radius 2 is 1.67 bits per heavy atom. The normalized spacial score (nSPS) is 43.7. The summed E-state index contributed by atoms with van der Waals surface area (Å²) in [5.74, 6) is 5.30. The van der Waals surface area contributed by atoms with Crippen LogP contribution in [0.3, 0.4) is 0 Å². The lowest BCUT2D eigenvalue weighted by molar-refractivity contribution is -0.0954. The molecule has 0 aromatic heterocycles. The summed E-state index contributed by atoms with van der Waals surface area (Å²) in [4.78, 5) is 0. The van der Waals surface area contributed by atoms with E-state index in [-0.39, 0.29) is 5.04 Å². The van der Waals surface area contributed by atoms with Gasteiger partial charge in [0.15, 0.2) is 8.32 Å².